The molecule has 43 heavy (non-hydrogen) atoms. The van der Waals surface area contributed by atoms with Crippen molar-refractivity contribution in [2.45, 2.75) is 207 Å². The van der Waals surface area contributed by atoms with E-state index in [1.807, 2.05) is 0 Å². The molecule has 0 bridgehead atoms. The van der Waals surface area contributed by atoms with Gasteiger partial charge in [-0.1, -0.05) is 181 Å². The number of unbranched alkanes of at least 4 members (excludes halogenated alkanes) is 25. The normalized spacial score (nSPS) is 10.8. The SMILES string of the molecule is CCCCCCCCCCCCCCCC(N)=O.CCCCCCCCCCCCCCCCN.CCC[N+](C)(C)C.Cl. The minimum Gasteiger partial charge on any atom is -0.370 e. The number of rotatable bonds is 30. The van der Waals surface area contributed by atoms with Crippen molar-refractivity contribution < 1.29 is 9.28 Å². The molecule has 5 heteroatoms. The first-order chi connectivity index (χ1) is 20.2. The zero-order chi connectivity index (χ0) is 32.0. The summed E-state index contributed by atoms with van der Waals surface area (Å²) in [6, 6.07) is 0. The highest BCUT2D eigenvalue weighted by Crippen LogP contribution is 2.14. The summed E-state index contributed by atoms with van der Waals surface area (Å²) < 4.78 is 1.09. The molecule has 0 rings (SSSR count). The fourth-order valence-electron chi connectivity index (χ4n) is 5.33. The Morgan fingerprint density at radius 1 is 0.442 bits per heavy atom. The molecule has 0 aliphatic rings. The Balaban J connectivity index is -0.000000285. The standard InChI is InChI=1S/C16H33NO.C16H35N.C6H16N.ClH/c1-2-3-4-5-6-7-8-9-10-11-12-13-14-15-16(17)18;1-2-3-4-5-6-7-8-9-10-11-12-13-14-15-16-17;1-5-6-7(2,3)4;/h2-15H2,1H3,(H2,17,18);2-17H2,1H3;5-6H2,1-4H3;1H/q;;+1;. The zero-order valence-electron chi connectivity index (χ0n) is 30.8. The fourth-order valence-corrected chi connectivity index (χ4v) is 5.33. The highest BCUT2D eigenvalue weighted by atomic mass is 35.5. The van der Waals surface area contributed by atoms with Gasteiger partial charge in [-0.3, -0.25) is 4.79 Å². The van der Waals surface area contributed by atoms with Gasteiger partial charge in [-0.15, -0.1) is 12.4 Å². The summed E-state index contributed by atoms with van der Waals surface area (Å²) in [7, 11) is 6.64. The summed E-state index contributed by atoms with van der Waals surface area (Å²) in [5.41, 5.74) is 10.6. The fraction of sp³-hybridized carbons (Fsp3) is 0.974. The van der Waals surface area contributed by atoms with Crippen LogP contribution in [0.3, 0.4) is 0 Å². The molecule has 0 aliphatic carbocycles. The second-order valence-electron chi connectivity index (χ2n) is 13.9. The lowest BCUT2D eigenvalue weighted by molar-refractivity contribution is -0.870. The third kappa shape index (κ3) is 61.4. The molecule has 1 amide bonds. The molecule has 0 saturated heterocycles. The second-order valence-corrected chi connectivity index (χ2v) is 13.9. The van der Waals surface area contributed by atoms with E-state index in [2.05, 4.69) is 41.9 Å². The van der Waals surface area contributed by atoms with Gasteiger partial charge < -0.3 is 16.0 Å². The molecule has 0 atom stereocenters. The van der Waals surface area contributed by atoms with Crippen LogP contribution >= 0.6 is 12.4 Å². The average Bonchev–Trinajstić information content (AvgIpc) is 2.94. The van der Waals surface area contributed by atoms with Gasteiger partial charge in [0.2, 0.25) is 5.91 Å². The van der Waals surface area contributed by atoms with Crippen molar-refractivity contribution in [3.63, 3.8) is 0 Å². The minimum atomic E-state index is -0.155. The van der Waals surface area contributed by atoms with Crippen molar-refractivity contribution in [2.24, 2.45) is 11.5 Å². The van der Waals surface area contributed by atoms with Crippen molar-refractivity contribution in [2.75, 3.05) is 34.2 Å². The van der Waals surface area contributed by atoms with E-state index in [9.17, 15) is 4.79 Å². The van der Waals surface area contributed by atoms with E-state index in [0.29, 0.717) is 6.42 Å². The van der Waals surface area contributed by atoms with E-state index in [4.69, 9.17) is 11.5 Å². The molecule has 0 aromatic heterocycles. The number of nitrogens with two attached hydrogens (primary N) is 2. The largest absolute Gasteiger partial charge is 0.370 e. The summed E-state index contributed by atoms with van der Waals surface area (Å²) in [5, 5.41) is 0. The molecule has 0 aromatic carbocycles. The predicted molar refractivity (Wildman–Crippen MR) is 199 cm³/mol. The molecule has 0 spiro atoms. The van der Waals surface area contributed by atoms with E-state index >= 15 is 0 Å². The highest BCUT2D eigenvalue weighted by molar-refractivity contribution is 5.85. The quantitative estimate of drug-likeness (QED) is 0.0609. The van der Waals surface area contributed by atoms with Crippen LogP contribution < -0.4 is 11.5 Å². The first-order valence-corrected chi connectivity index (χ1v) is 19.0. The van der Waals surface area contributed by atoms with Crippen LogP contribution in [0.2, 0.25) is 0 Å². The molecule has 0 heterocycles. The molecular formula is C38H85ClN3O+. The lowest BCUT2D eigenvalue weighted by Gasteiger charge is -2.22. The third-order valence-corrected chi connectivity index (χ3v) is 7.98. The Bertz CT molecular complexity index is 468. The Morgan fingerprint density at radius 2 is 0.698 bits per heavy atom. The topological polar surface area (TPSA) is 69.1 Å². The highest BCUT2D eigenvalue weighted by Gasteiger charge is 2.01. The van der Waals surface area contributed by atoms with E-state index in [-0.39, 0.29) is 18.3 Å². The van der Waals surface area contributed by atoms with Crippen LogP contribution in [0.1, 0.15) is 207 Å². The zero-order valence-corrected chi connectivity index (χ0v) is 31.7. The van der Waals surface area contributed by atoms with Gasteiger partial charge in [-0.2, -0.15) is 0 Å². The number of primary amides is 1. The Morgan fingerprint density at radius 3 is 0.884 bits per heavy atom. The first-order valence-electron chi connectivity index (χ1n) is 19.0. The van der Waals surface area contributed by atoms with Gasteiger partial charge >= 0.3 is 0 Å². The van der Waals surface area contributed by atoms with E-state index in [0.717, 1.165) is 17.4 Å². The predicted octanol–water partition coefficient (Wildman–Crippen LogP) is 11.9. The number of quaternary nitrogens is 1. The maximum atomic E-state index is 10.5. The lowest BCUT2D eigenvalue weighted by Crippen LogP contribution is -2.34. The van der Waals surface area contributed by atoms with Gasteiger partial charge in [-0.05, 0) is 25.8 Å². The lowest BCUT2D eigenvalue weighted by atomic mass is 10.0. The second kappa shape index (κ2) is 43.8. The van der Waals surface area contributed by atoms with Gasteiger partial charge in [-0.25, -0.2) is 0 Å². The summed E-state index contributed by atoms with van der Waals surface area (Å²) in [4.78, 5) is 10.5. The van der Waals surface area contributed by atoms with E-state index < -0.39 is 0 Å². The Labute approximate surface area is 279 Å². The van der Waals surface area contributed by atoms with Gasteiger partial charge in [0.25, 0.3) is 0 Å². The maximum absolute atomic E-state index is 10.5. The van der Waals surface area contributed by atoms with Crippen LogP contribution in [0.15, 0.2) is 0 Å². The number of halogens is 1. The monoisotopic (exact) mass is 635 g/mol. The Kier molecular flexibility index (Phi) is 50.5. The molecule has 0 aliphatic heterocycles. The third-order valence-electron chi connectivity index (χ3n) is 7.98. The molecular weight excluding hydrogens is 550 g/mol. The van der Waals surface area contributed by atoms with Crippen LogP contribution in [0, 0.1) is 0 Å². The molecule has 0 unspecified atom stereocenters. The summed E-state index contributed by atoms with van der Waals surface area (Å²) >= 11 is 0. The van der Waals surface area contributed by atoms with Crippen LogP contribution in [0.5, 0.6) is 0 Å². The number of hydrogen-bond donors (Lipinski definition) is 2. The van der Waals surface area contributed by atoms with Gasteiger partial charge in [0.1, 0.15) is 0 Å². The smallest absolute Gasteiger partial charge is 0.217 e. The number of hydrogen-bond acceptors (Lipinski definition) is 2. The number of nitrogens with zero attached hydrogens (tertiary/aromatic N) is 1. The first kappa shape index (κ1) is 49.6. The maximum Gasteiger partial charge on any atom is 0.217 e. The van der Waals surface area contributed by atoms with Crippen molar-refractivity contribution >= 4 is 18.3 Å². The average molecular weight is 636 g/mol. The van der Waals surface area contributed by atoms with Gasteiger partial charge in [0.05, 0.1) is 27.7 Å². The summed E-state index contributed by atoms with van der Waals surface area (Å²) in [5.74, 6) is -0.155. The van der Waals surface area contributed by atoms with E-state index in [1.54, 1.807) is 0 Å². The van der Waals surface area contributed by atoms with Gasteiger partial charge in [0, 0.05) is 6.42 Å². The molecule has 0 saturated carbocycles. The minimum absolute atomic E-state index is 0. The van der Waals surface area contributed by atoms with E-state index in [1.165, 1.54) is 180 Å². The van der Waals surface area contributed by atoms with Crippen LogP contribution in [0.25, 0.3) is 0 Å². The molecule has 4 nitrogen and oxygen atoms in total. The number of carbonyl (C=O) groups is 1. The van der Waals surface area contributed by atoms with Crippen LogP contribution in [0.4, 0.5) is 0 Å². The molecule has 264 valence electrons. The van der Waals surface area contributed by atoms with Crippen molar-refractivity contribution in [3.05, 3.63) is 0 Å². The summed E-state index contributed by atoms with van der Waals surface area (Å²) in [6.07, 6.45) is 39.1. The molecule has 0 aromatic rings. The summed E-state index contributed by atoms with van der Waals surface area (Å²) in [6.45, 7) is 8.92. The molecule has 0 radical (unpaired) electrons. The van der Waals surface area contributed by atoms with Crippen molar-refractivity contribution in [3.8, 4) is 0 Å². The molecule has 0 fully saturated rings. The van der Waals surface area contributed by atoms with Crippen LogP contribution in [-0.4, -0.2) is 44.6 Å². The molecule has 4 N–H and O–H groups in total. The van der Waals surface area contributed by atoms with Gasteiger partial charge in [0.15, 0.2) is 0 Å². The number of amides is 1. The van der Waals surface area contributed by atoms with Crippen molar-refractivity contribution in [1.29, 1.82) is 0 Å². The van der Waals surface area contributed by atoms with Crippen LogP contribution in [-0.2, 0) is 4.79 Å². The number of carbonyl (C=O) groups excluding carboxylic acids is 1. The Hall–Kier alpha value is -0.320. The van der Waals surface area contributed by atoms with Crippen molar-refractivity contribution in [1.82, 2.24) is 0 Å².